The van der Waals surface area contributed by atoms with E-state index >= 15 is 0 Å². The Balaban J connectivity index is 0.000000261. The van der Waals surface area contributed by atoms with Gasteiger partial charge in [0, 0.05) is 107 Å². The summed E-state index contributed by atoms with van der Waals surface area (Å²) in [4.78, 5) is 41.3. The van der Waals surface area contributed by atoms with Gasteiger partial charge >= 0.3 is 0 Å². The van der Waals surface area contributed by atoms with Crippen LogP contribution < -0.4 is 10.4 Å². The van der Waals surface area contributed by atoms with E-state index in [0.29, 0.717) is 25.4 Å². The van der Waals surface area contributed by atoms with Gasteiger partial charge < -0.3 is 30.1 Å². The molecule has 624 valence electrons. The van der Waals surface area contributed by atoms with Gasteiger partial charge in [0.2, 0.25) is 5.92 Å². The molecular weight excluding hydrogens is 1840 g/mol. The van der Waals surface area contributed by atoms with Crippen LogP contribution in [0.1, 0.15) is 169 Å². The number of nitrogens with zero attached hydrogens (tertiary/aromatic N) is 4. The zero-order chi connectivity index (χ0) is 89.2. The number of alkyl halides is 2. The predicted molar refractivity (Wildman–Crippen MR) is 490 cm³/mol. The number of aliphatic hydroxyl groups excluding tert-OH is 2. The second-order valence-corrected chi connectivity index (χ2v) is 43.2. The van der Waals surface area contributed by atoms with Gasteiger partial charge in [0.1, 0.15) is 0 Å². The number of ketones is 2. The van der Waals surface area contributed by atoms with E-state index in [-0.39, 0.29) is 105 Å². The van der Waals surface area contributed by atoms with Crippen molar-refractivity contribution in [2.24, 2.45) is 23.7 Å². The van der Waals surface area contributed by atoms with E-state index in [9.17, 15) is 28.6 Å². The predicted octanol–water partition coefficient (Wildman–Crippen LogP) is 27.4. The fourth-order valence-electron chi connectivity index (χ4n) is 14.3. The van der Waals surface area contributed by atoms with E-state index in [2.05, 4.69) is 215 Å². The number of aromatic nitrogens is 4. The molecule has 0 amide bonds. The zero-order valence-corrected chi connectivity index (χ0v) is 80.1. The van der Waals surface area contributed by atoms with Crippen LogP contribution in [0.15, 0.2) is 194 Å². The minimum Gasteiger partial charge on any atom is -0.512 e. The van der Waals surface area contributed by atoms with Crippen LogP contribution in [0.3, 0.4) is 0 Å². The van der Waals surface area contributed by atoms with Crippen molar-refractivity contribution < 1.29 is 75.6 Å². The van der Waals surface area contributed by atoms with Gasteiger partial charge in [-0.1, -0.05) is 237 Å². The molecule has 0 spiro atoms. The number of rotatable bonds is 21. The number of aryl methyl sites for hydroxylation is 10. The van der Waals surface area contributed by atoms with Crippen LogP contribution in [0.4, 0.5) is 8.78 Å². The summed E-state index contributed by atoms with van der Waals surface area (Å²) >= 11 is 0. The number of fused-ring (bicyclic) bond motifs is 4. The van der Waals surface area contributed by atoms with E-state index < -0.39 is 34.4 Å². The molecular formula is C103H124F2Ir2N4O4Si2-4. The van der Waals surface area contributed by atoms with Gasteiger partial charge in [0.25, 0.3) is 0 Å². The van der Waals surface area contributed by atoms with Crippen molar-refractivity contribution in [1.29, 1.82) is 0 Å². The Morgan fingerprint density at radius 2 is 0.692 bits per heavy atom. The standard InChI is InChI=1S/2C20H22NSi.2C18H16N.C14H24F2O2.C13H24O2.2Ir/c2*1-14-10-15(2)12-17(11-14)20-19-7-6-18(22(3,4)5)13-16(19)8-9-21-20;2*1-12-4-5-17-15(9-12)6-7-19-18(17)16-10-13(2)8-14(3)11-16;1-5-10(6-2)12(17)8-13(18)11(7-3)9-14(4,15)16;1-5-10(6-2)12(14)9-13(15)11(7-3)8-4;;/h2*6-11,13H,1-5H3;2*4-10H,1-3H3;8,10-11,18H,5-7,9H2,1-4H3;9-11,14H,5-8H2,1-4H3;;/q4*-1;;;;/i8D,9D;;6D,7D;7D;;;;. The molecule has 1 atom stereocenters. The maximum atomic E-state index is 12.9. The van der Waals surface area contributed by atoms with Crippen molar-refractivity contribution in [3.63, 3.8) is 0 Å². The molecule has 0 bridgehead atoms. The van der Waals surface area contributed by atoms with Crippen molar-refractivity contribution in [3.05, 3.63) is 274 Å². The molecule has 117 heavy (non-hydrogen) atoms. The molecule has 4 aromatic heterocycles. The molecule has 2 radical (unpaired) electrons. The third kappa shape index (κ3) is 29.1. The van der Waals surface area contributed by atoms with Crippen molar-refractivity contribution in [2.75, 3.05) is 0 Å². The van der Waals surface area contributed by atoms with Gasteiger partial charge in [0.05, 0.1) is 34.5 Å². The Hall–Kier alpha value is -8.59. The van der Waals surface area contributed by atoms with Crippen LogP contribution >= 0.6 is 0 Å². The molecule has 4 heterocycles. The summed E-state index contributed by atoms with van der Waals surface area (Å²) in [5.41, 5.74) is 18.6. The van der Waals surface area contributed by atoms with Crippen LogP contribution in [0.25, 0.3) is 88.1 Å². The average molecular weight is 1970 g/mol. The molecule has 0 aliphatic rings. The summed E-state index contributed by atoms with van der Waals surface area (Å²) in [6, 6.07) is 59.9. The largest absolute Gasteiger partial charge is 0.512 e. The first-order chi connectivity index (χ1) is 56.3. The molecule has 0 fully saturated rings. The first-order valence-electron chi connectivity index (χ1n) is 43.2. The number of carbonyl (C=O) groups excluding carboxylic acids is 2. The smallest absolute Gasteiger partial charge is 0.246 e. The van der Waals surface area contributed by atoms with E-state index in [1.165, 1.54) is 43.9 Å². The second kappa shape index (κ2) is 45.5. The summed E-state index contributed by atoms with van der Waals surface area (Å²) in [7, 11) is -2.77. The van der Waals surface area contributed by atoms with E-state index in [4.69, 9.17) is 6.85 Å². The summed E-state index contributed by atoms with van der Waals surface area (Å²) < 4.78 is 66.2. The van der Waals surface area contributed by atoms with Crippen LogP contribution in [0.2, 0.25) is 39.3 Å². The average Bonchev–Trinajstić information content (AvgIpc) is 0.752. The summed E-state index contributed by atoms with van der Waals surface area (Å²) in [5, 5.41) is 30.4. The number of aliphatic hydroxyl groups is 2. The second-order valence-electron chi connectivity index (χ2n) is 33.0. The molecule has 12 aromatic rings. The quantitative estimate of drug-likeness (QED) is 0.0315. The Labute approximate surface area is 735 Å². The minimum absolute atomic E-state index is 0. The van der Waals surface area contributed by atoms with Gasteiger partial charge in [-0.3, -0.25) is 9.59 Å². The molecule has 0 aliphatic carbocycles. The number of halogens is 2. The van der Waals surface area contributed by atoms with Crippen LogP contribution in [0.5, 0.6) is 0 Å². The van der Waals surface area contributed by atoms with Crippen molar-refractivity contribution in [3.8, 4) is 45.0 Å². The number of carbonyl (C=O) groups is 2. The molecule has 2 N–H and O–H groups in total. The molecule has 0 saturated heterocycles. The third-order valence-electron chi connectivity index (χ3n) is 20.7. The third-order valence-corrected chi connectivity index (χ3v) is 24.8. The topological polar surface area (TPSA) is 126 Å². The Bertz CT molecular complexity index is 5600. The van der Waals surface area contributed by atoms with Crippen molar-refractivity contribution >= 4 is 81.2 Å². The van der Waals surface area contributed by atoms with Crippen molar-refractivity contribution in [1.82, 2.24) is 19.9 Å². The normalized spacial score (nSPS) is 12.5. The molecule has 12 rings (SSSR count). The molecule has 1 unspecified atom stereocenters. The first-order valence-corrected chi connectivity index (χ1v) is 47.7. The summed E-state index contributed by atoms with van der Waals surface area (Å²) in [6.07, 6.45) is 9.64. The monoisotopic (exact) mass is 1970 g/mol. The van der Waals surface area contributed by atoms with Gasteiger partial charge in [0.15, 0.2) is 11.6 Å². The molecule has 8 aromatic carbocycles. The Morgan fingerprint density at radius 3 is 1.03 bits per heavy atom. The maximum absolute atomic E-state index is 12.9. The van der Waals surface area contributed by atoms with E-state index in [1.54, 1.807) is 6.92 Å². The van der Waals surface area contributed by atoms with E-state index in [0.717, 1.165) is 155 Å². The van der Waals surface area contributed by atoms with Gasteiger partial charge in [-0.2, -0.15) is 0 Å². The van der Waals surface area contributed by atoms with E-state index in [1.807, 2.05) is 119 Å². The van der Waals surface area contributed by atoms with Crippen LogP contribution in [0, 0.1) is 117 Å². The van der Waals surface area contributed by atoms with Gasteiger partial charge in [-0.15, -0.1) is 140 Å². The van der Waals surface area contributed by atoms with Gasteiger partial charge in [-0.25, -0.2) is 8.78 Å². The molecule has 14 heteroatoms. The number of hydrogen-bond donors (Lipinski definition) is 2. The minimum atomic E-state index is -2.83. The van der Waals surface area contributed by atoms with Crippen molar-refractivity contribution in [2.45, 2.75) is 221 Å². The van der Waals surface area contributed by atoms with Crippen LogP contribution in [-0.4, -0.2) is 63.8 Å². The maximum Gasteiger partial charge on any atom is 0.246 e. The summed E-state index contributed by atoms with van der Waals surface area (Å²) in [5.74, 6) is -3.45. The fraction of sp³-hybridized carbons (Fsp3) is 0.359. The van der Waals surface area contributed by atoms with Crippen LogP contribution in [-0.2, 0) is 49.8 Å². The zero-order valence-electron chi connectivity index (χ0n) is 78.3. The molecule has 8 nitrogen and oxygen atoms in total. The number of hydrogen-bond acceptors (Lipinski definition) is 8. The summed E-state index contributed by atoms with van der Waals surface area (Å²) in [6.45, 7) is 48.9. The Morgan fingerprint density at radius 1 is 0.393 bits per heavy atom. The SMILES string of the molecule is CCC(CC)C(=O)C=C(O)C(CC)CC.CCC(CC)C(=O)C=C(O)C(CC)CC(C)(F)F.Cc1[c-]c(-c2nccc3cc([Si](C)(C)C)ccc23)cc(C)c1.[2H]c1cc2cc(C)ccc2c(-c2[c-]c(C)cc(C)c2)n1.[2H]c1nc(-c2[c-]c(C)cc(C)c2)c2ccc(C)cc2c1[2H].[2H]c1nc(-c2[c-]c(C)cc(C)c2)c2ccc([Si](C)(C)C)cc2c1[2H].[Ir].[Ir]. The van der Waals surface area contributed by atoms with Gasteiger partial charge in [-0.05, 0) is 156 Å². The number of allylic oxidation sites excluding steroid dienone is 4. The molecule has 0 aliphatic heterocycles. The molecule has 0 saturated carbocycles. The number of benzene rings is 8. The fourth-order valence-corrected chi connectivity index (χ4v) is 16.6. The first kappa shape index (κ1) is 90.7. The Kier molecular flexibility index (Phi) is 35.3. The number of pyridine rings is 4.